The van der Waals surface area contributed by atoms with Gasteiger partial charge in [-0.3, -0.25) is 0 Å². The number of hydrogen-bond acceptors (Lipinski definition) is 8. The Kier molecular flexibility index (Phi) is 5.61. The van der Waals surface area contributed by atoms with Crippen LogP contribution in [0.15, 0.2) is 48.8 Å². The third-order valence-corrected chi connectivity index (χ3v) is 5.02. The molecule has 0 radical (unpaired) electrons. The van der Waals surface area contributed by atoms with E-state index in [2.05, 4.69) is 15.0 Å². The van der Waals surface area contributed by atoms with Crippen LogP contribution in [0, 0.1) is 0 Å². The monoisotopic (exact) mass is 448 g/mol. The molecule has 2 aromatic carbocycles. The maximum Gasteiger partial charge on any atom is 0.416 e. The number of nitrogens with two attached hydrogens (primary N) is 1. The summed E-state index contributed by atoms with van der Waals surface area (Å²) in [5.41, 5.74) is 6.16. The van der Waals surface area contributed by atoms with E-state index in [1.165, 1.54) is 36.9 Å². The molecular formula is C20H15F3N4O3S. The zero-order chi connectivity index (χ0) is 22.0. The van der Waals surface area contributed by atoms with E-state index < -0.39 is 11.7 Å². The predicted molar refractivity (Wildman–Crippen MR) is 109 cm³/mol. The molecule has 0 fully saturated rings. The highest BCUT2D eigenvalue weighted by atomic mass is 32.1. The first-order chi connectivity index (χ1) is 14.8. The third kappa shape index (κ3) is 4.52. The second kappa shape index (κ2) is 8.36. The van der Waals surface area contributed by atoms with Crippen molar-refractivity contribution in [2.45, 2.75) is 6.18 Å². The van der Waals surface area contributed by atoms with E-state index in [9.17, 15) is 13.2 Å². The van der Waals surface area contributed by atoms with Crippen LogP contribution in [-0.4, -0.2) is 28.9 Å². The Morgan fingerprint density at radius 2 is 1.90 bits per heavy atom. The van der Waals surface area contributed by atoms with E-state index in [0.29, 0.717) is 27.7 Å². The number of thiazole rings is 1. The molecule has 11 heteroatoms. The van der Waals surface area contributed by atoms with Crippen LogP contribution in [0.5, 0.6) is 17.4 Å². The largest absolute Gasteiger partial charge is 0.467 e. The molecule has 0 aliphatic carbocycles. The molecule has 0 spiro atoms. The number of aromatic nitrogens is 3. The van der Waals surface area contributed by atoms with Gasteiger partial charge < -0.3 is 19.9 Å². The number of benzene rings is 2. The van der Waals surface area contributed by atoms with Crippen molar-refractivity contribution < 1.29 is 27.4 Å². The van der Waals surface area contributed by atoms with Crippen LogP contribution in [0.4, 0.5) is 18.3 Å². The molecule has 0 saturated carbocycles. The Labute approximate surface area is 178 Å². The molecule has 0 unspecified atom stereocenters. The van der Waals surface area contributed by atoms with Crippen molar-refractivity contribution in [3.63, 3.8) is 0 Å². The van der Waals surface area contributed by atoms with Gasteiger partial charge in [0.2, 0.25) is 5.88 Å². The summed E-state index contributed by atoms with van der Waals surface area (Å²) in [5.74, 6) is 0.593. The van der Waals surface area contributed by atoms with Gasteiger partial charge in [0.15, 0.2) is 17.7 Å². The normalized spacial score (nSPS) is 11.6. The lowest BCUT2D eigenvalue weighted by Gasteiger charge is -2.14. The number of rotatable bonds is 6. The smallest absolute Gasteiger partial charge is 0.416 e. The summed E-state index contributed by atoms with van der Waals surface area (Å²) >= 11 is 1.32. The van der Waals surface area contributed by atoms with Gasteiger partial charge in [0, 0.05) is 18.7 Å². The summed E-state index contributed by atoms with van der Waals surface area (Å²) in [4.78, 5) is 12.5. The fraction of sp³-hybridized carbons (Fsp3) is 0.150. The van der Waals surface area contributed by atoms with Crippen LogP contribution in [-0.2, 0) is 10.9 Å². The Bertz CT molecular complexity index is 1230. The summed E-state index contributed by atoms with van der Waals surface area (Å²) in [5, 5.41) is 0.402. The number of ether oxygens (including phenoxy) is 3. The Balaban J connectivity index is 1.70. The molecule has 7 nitrogen and oxygen atoms in total. The molecule has 0 bridgehead atoms. The maximum atomic E-state index is 13.1. The van der Waals surface area contributed by atoms with Crippen molar-refractivity contribution in [1.29, 1.82) is 0 Å². The number of anilines is 1. The molecular weight excluding hydrogens is 433 g/mol. The van der Waals surface area contributed by atoms with Crippen molar-refractivity contribution in [1.82, 2.24) is 15.0 Å². The third-order valence-electron chi connectivity index (χ3n) is 4.17. The molecule has 0 atom stereocenters. The number of halogens is 3. The molecule has 4 rings (SSSR count). The van der Waals surface area contributed by atoms with Crippen LogP contribution in [0.2, 0.25) is 0 Å². The summed E-state index contributed by atoms with van der Waals surface area (Å²) in [6, 6.07) is 10.0. The van der Waals surface area contributed by atoms with Gasteiger partial charge in [0.05, 0.1) is 16.0 Å². The lowest BCUT2D eigenvalue weighted by atomic mass is 10.1. The van der Waals surface area contributed by atoms with Crippen molar-refractivity contribution in [2.24, 2.45) is 0 Å². The average Bonchev–Trinajstić information content (AvgIpc) is 3.13. The van der Waals surface area contributed by atoms with Gasteiger partial charge in [-0.1, -0.05) is 17.4 Å². The molecule has 2 aromatic heterocycles. The zero-order valence-electron chi connectivity index (χ0n) is 16.0. The summed E-state index contributed by atoms with van der Waals surface area (Å²) in [6.07, 6.45) is -3.27. The summed E-state index contributed by atoms with van der Waals surface area (Å²) in [6.45, 7) is -0.226. The first-order valence-electron chi connectivity index (χ1n) is 8.83. The number of nitrogen functional groups attached to an aromatic ring is 1. The van der Waals surface area contributed by atoms with Crippen LogP contribution in [0.25, 0.3) is 21.5 Å². The second-order valence-corrected chi connectivity index (χ2v) is 7.32. The standard InChI is InChI=1S/C20H15F3N4O3S/c1-28-10-29-15-7-11(20(21,22)23)5-6-12(15)13-8-17(26-9-25-13)30-14-3-2-4-16-18(14)27-19(24)31-16/h2-9H,10H2,1H3,(H2,24,27). The number of fused-ring (bicyclic) bond motifs is 1. The molecule has 0 aliphatic rings. The van der Waals surface area contributed by atoms with Gasteiger partial charge in [-0.15, -0.1) is 0 Å². The van der Waals surface area contributed by atoms with Gasteiger partial charge in [-0.2, -0.15) is 13.2 Å². The minimum Gasteiger partial charge on any atom is -0.467 e. The van der Waals surface area contributed by atoms with Crippen molar-refractivity contribution in [2.75, 3.05) is 19.6 Å². The Morgan fingerprint density at radius 3 is 2.68 bits per heavy atom. The highest BCUT2D eigenvalue weighted by Gasteiger charge is 2.31. The fourth-order valence-corrected chi connectivity index (χ4v) is 3.58. The van der Waals surface area contributed by atoms with E-state index in [1.807, 2.05) is 6.07 Å². The quantitative estimate of drug-likeness (QED) is 0.409. The second-order valence-electron chi connectivity index (χ2n) is 6.26. The van der Waals surface area contributed by atoms with E-state index in [1.54, 1.807) is 12.1 Å². The number of alkyl halides is 3. The number of methoxy groups -OCH3 is 1. The molecule has 0 aliphatic heterocycles. The van der Waals surface area contributed by atoms with Crippen molar-refractivity contribution >= 4 is 26.7 Å². The van der Waals surface area contributed by atoms with Gasteiger partial charge >= 0.3 is 6.18 Å². The average molecular weight is 448 g/mol. The highest BCUT2D eigenvalue weighted by molar-refractivity contribution is 7.22. The SMILES string of the molecule is COCOc1cc(C(F)(F)F)ccc1-c1cc(Oc2cccc3sc(N)nc23)ncn1. The molecule has 31 heavy (non-hydrogen) atoms. The van der Waals surface area contributed by atoms with Crippen LogP contribution < -0.4 is 15.2 Å². The molecule has 160 valence electrons. The molecule has 4 aromatic rings. The van der Waals surface area contributed by atoms with Crippen LogP contribution >= 0.6 is 11.3 Å². The summed E-state index contributed by atoms with van der Waals surface area (Å²) < 4.78 is 56.2. The lowest BCUT2D eigenvalue weighted by molar-refractivity contribution is -0.137. The molecule has 0 saturated heterocycles. The molecule has 2 heterocycles. The van der Waals surface area contributed by atoms with E-state index in [-0.39, 0.29) is 18.4 Å². The Morgan fingerprint density at radius 1 is 1.06 bits per heavy atom. The lowest BCUT2D eigenvalue weighted by Crippen LogP contribution is -2.07. The fourth-order valence-electron chi connectivity index (χ4n) is 2.83. The predicted octanol–water partition coefficient (Wildman–Crippen LogP) is 5.13. The summed E-state index contributed by atoms with van der Waals surface area (Å²) in [7, 11) is 1.37. The number of nitrogens with zero attached hydrogens (tertiary/aromatic N) is 3. The zero-order valence-corrected chi connectivity index (χ0v) is 16.8. The minimum absolute atomic E-state index is 0.0318. The van der Waals surface area contributed by atoms with Gasteiger partial charge in [-0.25, -0.2) is 15.0 Å². The number of hydrogen-bond donors (Lipinski definition) is 1. The first-order valence-corrected chi connectivity index (χ1v) is 9.65. The van der Waals surface area contributed by atoms with E-state index in [0.717, 1.165) is 16.8 Å². The molecule has 2 N–H and O–H groups in total. The van der Waals surface area contributed by atoms with Crippen molar-refractivity contribution in [3.05, 3.63) is 54.4 Å². The van der Waals surface area contributed by atoms with Gasteiger partial charge in [0.25, 0.3) is 0 Å². The van der Waals surface area contributed by atoms with Gasteiger partial charge in [-0.05, 0) is 30.3 Å². The van der Waals surface area contributed by atoms with Gasteiger partial charge in [0.1, 0.15) is 17.6 Å². The van der Waals surface area contributed by atoms with Crippen LogP contribution in [0.3, 0.4) is 0 Å². The topological polar surface area (TPSA) is 92.4 Å². The minimum atomic E-state index is -4.52. The van der Waals surface area contributed by atoms with Crippen LogP contribution in [0.1, 0.15) is 5.56 Å². The van der Waals surface area contributed by atoms with Crippen molar-refractivity contribution in [3.8, 4) is 28.6 Å². The first kappa shape index (κ1) is 20.8. The Hall–Kier alpha value is -3.44. The van der Waals surface area contributed by atoms with E-state index in [4.69, 9.17) is 19.9 Å². The maximum absolute atomic E-state index is 13.1. The van der Waals surface area contributed by atoms with E-state index >= 15 is 0 Å². The number of para-hydroxylation sites is 1. The highest BCUT2D eigenvalue weighted by Crippen LogP contribution is 2.38. The molecule has 0 amide bonds.